The van der Waals surface area contributed by atoms with Crippen LogP contribution < -0.4 is 4.74 Å². The van der Waals surface area contributed by atoms with Gasteiger partial charge in [-0.2, -0.15) is 4.31 Å². The maximum absolute atomic E-state index is 13.5. The minimum absolute atomic E-state index is 0.0255. The van der Waals surface area contributed by atoms with Gasteiger partial charge in [-0.15, -0.1) is 0 Å². The predicted molar refractivity (Wildman–Crippen MR) is 126 cm³/mol. The highest BCUT2D eigenvalue weighted by molar-refractivity contribution is 7.89. The minimum atomic E-state index is -3.97. The number of nitrogens with zero attached hydrogens (tertiary/aromatic N) is 2. The second-order valence-electron chi connectivity index (χ2n) is 8.56. The highest BCUT2D eigenvalue weighted by Crippen LogP contribution is 2.34. The summed E-state index contributed by atoms with van der Waals surface area (Å²) in [6.07, 6.45) is -0.489. The van der Waals surface area contributed by atoms with Crippen LogP contribution in [0.15, 0.2) is 47.4 Å². The van der Waals surface area contributed by atoms with E-state index in [1.165, 1.54) is 34.3 Å². The molecule has 0 aromatic heterocycles. The van der Waals surface area contributed by atoms with Crippen LogP contribution in [0.25, 0.3) is 0 Å². The molecule has 0 bridgehead atoms. The molecule has 1 N–H and O–H groups in total. The van der Waals surface area contributed by atoms with E-state index in [2.05, 4.69) is 11.8 Å². The first-order chi connectivity index (χ1) is 16.0. The number of carbonyl (C=O) groups is 1. The Morgan fingerprint density at radius 1 is 1.24 bits per heavy atom. The largest absolute Gasteiger partial charge is 0.487 e. The second-order valence-corrected chi connectivity index (χ2v) is 10.4. The second kappa shape index (κ2) is 10.6. The Morgan fingerprint density at radius 3 is 2.47 bits per heavy atom. The normalized spacial score (nSPS) is 20.5. The molecule has 9 heteroatoms. The summed E-state index contributed by atoms with van der Waals surface area (Å²) in [6.45, 7) is 5.02. The smallest absolute Gasteiger partial charge is 0.247 e. The molecule has 1 heterocycles. The van der Waals surface area contributed by atoms with Crippen molar-refractivity contribution < 1.29 is 27.4 Å². The predicted octanol–water partition coefficient (Wildman–Crippen LogP) is 2.47. The first-order valence-corrected chi connectivity index (χ1v) is 12.4. The van der Waals surface area contributed by atoms with Crippen LogP contribution >= 0.6 is 0 Å². The van der Waals surface area contributed by atoms with Crippen molar-refractivity contribution in [3.8, 4) is 17.6 Å². The quantitative estimate of drug-likeness (QED) is 0.669. The van der Waals surface area contributed by atoms with E-state index in [4.69, 9.17) is 4.74 Å². The van der Waals surface area contributed by atoms with Gasteiger partial charge in [-0.05, 0) is 49.4 Å². The molecule has 182 valence electrons. The van der Waals surface area contributed by atoms with Crippen LogP contribution in [0.5, 0.6) is 5.75 Å². The van der Waals surface area contributed by atoms with Crippen molar-refractivity contribution in [2.75, 3.05) is 26.7 Å². The standard InChI is InChI=1S/C25H29FN2O5S/c1-17-14-28(18(2)16-29)34(31,32)25-12-9-21(6-5-20-7-10-22(26)11-8-20)13-23(25)33-24(17)15-27(4)19(3)30/h7-13,17-18,24,29H,14-16H2,1-4H3/t17-,18+,24+/m0/s1. The molecule has 0 saturated heterocycles. The van der Waals surface area contributed by atoms with Crippen molar-refractivity contribution >= 4 is 15.9 Å². The van der Waals surface area contributed by atoms with E-state index in [1.54, 1.807) is 38.2 Å². The van der Waals surface area contributed by atoms with Crippen LogP contribution in [0.2, 0.25) is 0 Å². The Kier molecular flexibility index (Phi) is 7.97. The number of sulfonamides is 1. The van der Waals surface area contributed by atoms with Gasteiger partial charge in [-0.1, -0.05) is 18.8 Å². The highest BCUT2D eigenvalue weighted by atomic mass is 32.2. The van der Waals surface area contributed by atoms with Crippen LogP contribution in [-0.4, -0.2) is 67.5 Å². The average molecular weight is 489 g/mol. The van der Waals surface area contributed by atoms with Crippen LogP contribution in [0, 0.1) is 23.6 Å². The summed E-state index contributed by atoms with van der Waals surface area (Å²) in [5, 5.41) is 9.71. The van der Waals surface area contributed by atoms with Crippen molar-refractivity contribution in [3.63, 3.8) is 0 Å². The Balaban J connectivity index is 2.07. The van der Waals surface area contributed by atoms with Gasteiger partial charge < -0.3 is 14.7 Å². The van der Waals surface area contributed by atoms with Gasteiger partial charge in [-0.25, -0.2) is 12.8 Å². The summed E-state index contributed by atoms with van der Waals surface area (Å²) >= 11 is 0. The summed E-state index contributed by atoms with van der Waals surface area (Å²) in [6, 6.07) is 9.69. The van der Waals surface area contributed by atoms with Crippen molar-refractivity contribution in [3.05, 3.63) is 59.4 Å². The van der Waals surface area contributed by atoms with Gasteiger partial charge in [0.2, 0.25) is 15.9 Å². The van der Waals surface area contributed by atoms with E-state index in [1.807, 2.05) is 6.92 Å². The number of benzene rings is 2. The molecule has 0 radical (unpaired) electrons. The molecule has 7 nitrogen and oxygen atoms in total. The molecule has 0 spiro atoms. The molecule has 1 aliphatic heterocycles. The molecule has 0 aliphatic carbocycles. The zero-order chi connectivity index (χ0) is 25.0. The third kappa shape index (κ3) is 5.76. The van der Waals surface area contributed by atoms with Crippen LogP contribution in [0.1, 0.15) is 31.9 Å². The van der Waals surface area contributed by atoms with Gasteiger partial charge in [0.1, 0.15) is 22.6 Å². The fourth-order valence-electron chi connectivity index (χ4n) is 3.60. The number of halogens is 1. The van der Waals surface area contributed by atoms with E-state index in [0.717, 1.165) is 0 Å². The Labute approximate surface area is 200 Å². The lowest BCUT2D eigenvalue weighted by atomic mass is 10.0. The molecule has 1 aliphatic rings. The zero-order valence-corrected chi connectivity index (χ0v) is 20.5. The zero-order valence-electron chi connectivity index (χ0n) is 19.7. The fourth-order valence-corrected chi connectivity index (χ4v) is 5.42. The number of hydrogen-bond acceptors (Lipinski definition) is 5. The highest BCUT2D eigenvalue weighted by Gasteiger charge is 2.38. The van der Waals surface area contributed by atoms with Crippen LogP contribution in [0.3, 0.4) is 0 Å². The third-order valence-electron chi connectivity index (χ3n) is 5.85. The molecule has 0 fully saturated rings. The number of aliphatic hydroxyl groups is 1. The SMILES string of the molecule is CC(=O)N(C)C[C@H]1Oc2cc(C#Cc3ccc(F)cc3)ccc2S(=O)(=O)N([C@H](C)CO)C[C@@H]1C. The molecule has 3 atom stereocenters. The number of carbonyl (C=O) groups excluding carboxylic acids is 1. The van der Waals surface area contributed by atoms with Gasteiger partial charge in [0.25, 0.3) is 0 Å². The number of likely N-dealkylation sites (N-methyl/N-ethyl adjacent to an activating group) is 1. The summed E-state index contributed by atoms with van der Waals surface area (Å²) in [7, 11) is -2.31. The van der Waals surface area contributed by atoms with Gasteiger partial charge in [0.15, 0.2) is 0 Å². The average Bonchev–Trinajstić information content (AvgIpc) is 2.80. The Hall–Kier alpha value is -2.93. The number of hydrogen-bond donors (Lipinski definition) is 1. The Bertz CT molecular complexity index is 1200. The molecule has 0 saturated carbocycles. The van der Waals surface area contributed by atoms with Crippen LogP contribution in [-0.2, 0) is 14.8 Å². The summed E-state index contributed by atoms with van der Waals surface area (Å²) in [5.74, 6) is 5.26. The van der Waals surface area contributed by atoms with Gasteiger partial charge in [0.05, 0.1) is 13.2 Å². The summed E-state index contributed by atoms with van der Waals surface area (Å²) < 4.78 is 47.6. The maximum atomic E-state index is 13.5. The number of ether oxygens (including phenoxy) is 1. The van der Waals surface area contributed by atoms with Crippen LogP contribution in [0.4, 0.5) is 4.39 Å². The molecule has 2 aromatic carbocycles. The van der Waals surface area contributed by atoms with E-state index >= 15 is 0 Å². The van der Waals surface area contributed by atoms with Gasteiger partial charge in [0, 0.05) is 43.6 Å². The molecule has 3 rings (SSSR count). The van der Waals surface area contributed by atoms with E-state index in [0.29, 0.717) is 11.1 Å². The van der Waals surface area contributed by atoms with Crippen molar-refractivity contribution in [2.24, 2.45) is 5.92 Å². The number of fused-ring (bicyclic) bond motifs is 1. The lowest BCUT2D eigenvalue weighted by Crippen LogP contribution is -2.50. The first kappa shape index (κ1) is 25.7. The van der Waals surface area contributed by atoms with E-state index in [-0.39, 0.29) is 48.0 Å². The number of aliphatic hydroxyl groups excluding tert-OH is 1. The Morgan fingerprint density at radius 2 is 1.85 bits per heavy atom. The topological polar surface area (TPSA) is 87.2 Å². The molecule has 34 heavy (non-hydrogen) atoms. The lowest BCUT2D eigenvalue weighted by Gasteiger charge is -2.37. The molecule has 0 unspecified atom stereocenters. The fraction of sp³-hybridized carbons (Fsp3) is 0.400. The molecular weight excluding hydrogens is 459 g/mol. The summed E-state index contributed by atoms with van der Waals surface area (Å²) in [5.41, 5.74) is 1.13. The molecular formula is C25H29FN2O5S. The van der Waals surface area contributed by atoms with Crippen molar-refractivity contribution in [1.29, 1.82) is 0 Å². The first-order valence-electron chi connectivity index (χ1n) is 11.0. The van der Waals surface area contributed by atoms with Crippen molar-refractivity contribution in [1.82, 2.24) is 9.21 Å². The monoisotopic (exact) mass is 488 g/mol. The molecule has 2 aromatic rings. The summed E-state index contributed by atoms with van der Waals surface area (Å²) in [4.78, 5) is 13.3. The molecule has 1 amide bonds. The number of amides is 1. The number of rotatable bonds is 4. The van der Waals surface area contributed by atoms with Crippen molar-refractivity contribution in [2.45, 2.75) is 37.8 Å². The van der Waals surface area contributed by atoms with Gasteiger partial charge >= 0.3 is 0 Å². The minimum Gasteiger partial charge on any atom is -0.487 e. The lowest BCUT2D eigenvalue weighted by molar-refractivity contribution is -0.129. The maximum Gasteiger partial charge on any atom is 0.247 e. The van der Waals surface area contributed by atoms with E-state index in [9.17, 15) is 22.7 Å². The van der Waals surface area contributed by atoms with E-state index < -0.39 is 22.2 Å². The van der Waals surface area contributed by atoms with Gasteiger partial charge in [-0.3, -0.25) is 4.79 Å². The third-order valence-corrected chi connectivity index (χ3v) is 7.87.